The van der Waals surface area contributed by atoms with Gasteiger partial charge in [0, 0.05) is 0 Å². The molecule has 1 aliphatic rings. The van der Waals surface area contributed by atoms with Crippen molar-refractivity contribution in [1.82, 2.24) is 0 Å². The number of quaternary nitrogens is 1. The van der Waals surface area contributed by atoms with Crippen molar-refractivity contribution >= 4 is 0 Å². The number of nitro groups is 1. The predicted octanol–water partition coefficient (Wildman–Crippen LogP) is -0.521. The fraction of sp³-hybridized carbons (Fsp3) is 0.600. The Labute approximate surface area is 58.5 Å². The van der Waals surface area contributed by atoms with Gasteiger partial charge in [-0.1, -0.05) is 0 Å². The van der Waals surface area contributed by atoms with Gasteiger partial charge in [0.2, 0.25) is 0 Å². The van der Waals surface area contributed by atoms with Gasteiger partial charge in [-0.05, 0) is 0 Å². The molecule has 0 amide bonds. The maximum absolute atomic E-state index is 9.85. The maximum Gasteiger partial charge on any atom is 0.286 e. The van der Waals surface area contributed by atoms with E-state index in [4.69, 9.17) is 5.73 Å². The molecule has 2 N–H and O–H groups in total. The third-order valence-corrected chi connectivity index (χ3v) is 1.73. The quantitative estimate of drug-likeness (QED) is 0.245. The van der Waals surface area contributed by atoms with E-state index >= 15 is 0 Å². The van der Waals surface area contributed by atoms with Crippen LogP contribution in [0.2, 0.25) is 0 Å². The van der Waals surface area contributed by atoms with E-state index in [0.29, 0.717) is 4.48 Å². The zero-order valence-corrected chi connectivity index (χ0v) is 5.73. The molecule has 56 valence electrons. The number of nitrogens with two attached hydrogens (primary N) is 1. The summed E-state index contributed by atoms with van der Waals surface area (Å²) in [5.41, 5.74) is 5.49. The number of likely N-dealkylation sites (N-methyl/N-ethyl adjacent to an activating group) is 1. The second kappa shape index (κ2) is 2.03. The van der Waals surface area contributed by atoms with Crippen LogP contribution in [-0.2, 0) is 0 Å². The summed E-state index contributed by atoms with van der Waals surface area (Å²) >= 11 is 0. The van der Waals surface area contributed by atoms with Crippen molar-refractivity contribution in [3.05, 3.63) is 22.5 Å². The lowest BCUT2D eigenvalue weighted by Gasteiger charge is -2.01. The van der Waals surface area contributed by atoms with E-state index in [1.54, 1.807) is 0 Å². The monoisotopic (exact) mass is 144 g/mol. The van der Waals surface area contributed by atoms with Crippen molar-refractivity contribution in [3.8, 4) is 0 Å². The van der Waals surface area contributed by atoms with Crippen LogP contribution in [0.3, 0.4) is 0 Å². The van der Waals surface area contributed by atoms with E-state index in [1.807, 2.05) is 7.05 Å². The summed E-state index contributed by atoms with van der Waals surface area (Å²) in [5, 5.41) is 9.85. The largest absolute Gasteiger partial charge is 0.286 e. The highest BCUT2D eigenvalue weighted by atomic mass is 16.6. The molecule has 1 saturated heterocycles. The van der Waals surface area contributed by atoms with Crippen molar-refractivity contribution in [3.63, 3.8) is 0 Å². The molecular weight excluding hydrogens is 134 g/mol. The highest BCUT2D eigenvalue weighted by Crippen LogP contribution is 2.23. The van der Waals surface area contributed by atoms with Crippen molar-refractivity contribution in [1.29, 1.82) is 0 Å². The SMILES string of the molecule is C[N+]1(C=C[N+](=O)[O-])CC1N. The highest BCUT2D eigenvalue weighted by Gasteiger charge is 2.47. The lowest BCUT2D eigenvalue weighted by molar-refractivity contribution is -0.737. The molecule has 2 unspecified atom stereocenters. The van der Waals surface area contributed by atoms with Gasteiger partial charge in [-0.3, -0.25) is 20.3 Å². The van der Waals surface area contributed by atoms with E-state index in [-0.39, 0.29) is 6.17 Å². The number of hydrogen-bond acceptors (Lipinski definition) is 3. The Hall–Kier alpha value is -0.940. The van der Waals surface area contributed by atoms with Crippen molar-refractivity contribution in [2.24, 2.45) is 5.73 Å². The van der Waals surface area contributed by atoms with E-state index in [1.165, 1.54) is 6.20 Å². The third kappa shape index (κ3) is 1.31. The Bertz CT molecular complexity index is 191. The first-order valence-electron chi connectivity index (χ1n) is 2.98. The Kier molecular flexibility index (Phi) is 1.46. The normalized spacial score (nSPS) is 38.4. The van der Waals surface area contributed by atoms with Crippen LogP contribution in [0.5, 0.6) is 0 Å². The van der Waals surface area contributed by atoms with Gasteiger partial charge in [-0.25, -0.2) is 0 Å². The molecule has 0 aromatic heterocycles. The van der Waals surface area contributed by atoms with Crippen molar-refractivity contribution in [2.75, 3.05) is 13.6 Å². The fourth-order valence-electron chi connectivity index (χ4n) is 0.734. The van der Waals surface area contributed by atoms with Crippen LogP contribution in [0.15, 0.2) is 12.4 Å². The molecule has 10 heavy (non-hydrogen) atoms. The Morgan fingerprint density at radius 1 is 1.90 bits per heavy atom. The zero-order chi connectivity index (χ0) is 7.78. The smallest absolute Gasteiger partial charge is 0.276 e. The summed E-state index contributed by atoms with van der Waals surface area (Å²) in [6.07, 6.45) is 2.49. The fourth-order valence-corrected chi connectivity index (χ4v) is 0.734. The minimum absolute atomic E-state index is 0.0520. The first-order chi connectivity index (χ1) is 4.54. The molecule has 5 nitrogen and oxygen atoms in total. The van der Waals surface area contributed by atoms with Crippen LogP contribution < -0.4 is 5.73 Å². The van der Waals surface area contributed by atoms with Gasteiger partial charge in [0.05, 0.1) is 12.0 Å². The van der Waals surface area contributed by atoms with Crippen LogP contribution in [0.4, 0.5) is 0 Å². The predicted molar refractivity (Wildman–Crippen MR) is 35.2 cm³/mol. The number of hydrogen-bond donors (Lipinski definition) is 1. The first-order valence-corrected chi connectivity index (χ1v) is 2.98. The molecule has 1 heterocycles. The number of rotatable bonds is 2. The van der Waals surface area contributed by atoms with E-state index in [2.05, 4.69) is 0 Å². The summed E-state index contributed by atoms with van der Waals surface area (Å²) in [7, 11) is 1.85. The molecular formula is C5H10N3O2+. The lowest BCUT2D eigenvalue weighted by atomic mass is 10.8. The van der Waals surface area contributed by atoms with Crippen LogP contribution in [0.1, 0.15) is 0 Å². The molecule has 1 aliphatic heterocycles. The Balaban J connectivity index is 2.47. The zero-order valence-electron chi connectivity index (χ0n) is 5.73. The third-order valence-electron chi connectivity index (χ3n) is 1.73. The van der Waals surface area contributed by atoms with Gasteiger partial charge in [0.15, 0.2) is 18.9 Å². The lowest BCUT2D eigenvalue weighted by Crippen LogP contribution is -2.21. The van der Waals surface area contributed by atoms with Gasteiger partial charge in [0.1, 0.15) is 0 Å². The van der Waals surface area contributed by atoms with Crippen molar-refractivity contribution < 1.29 is 9.41 Å². The molecule has 0 saturated carbocycles. The van der Waals surface area contributed by atoms with E-state index in [9.17, 15) is 10.1 Å². The van der Waals surface area contributed by atoms with Crippen LogP contribution in [-0.4, -0.2) is 29.2 Å². The van der Waals surface area contributed by atoms with Crippen LogP contribution >= 0.6 is 0 Å². The first kappa shape index (κ1) is 7.17. The summed E-state index contributed by atoms with van der Waals surface area (Å²) in [6, 6.07) is 0. The molecule has 0 aromatic carbocycles. The van der Waals surface area contributed by atoms with Gasteiger partial charge in [-0.15, -0.1) is 0 Å². The average molecular weight is 144 g/mol. The molecule has 2 atom stereocenters. The minimum Gasteiger partial charge on any atom is -0.276 e. The van der Waals surface area contributed by atoms with Gasteiger partial charge in [-0.2, -0.15) is 0 Å². The molecule has 1 rings (SSSR count). The van der Waals surface area contributed by atoms with Gasteiger partial charge in [0.25, 0.3) is 6.20 Å². The summed E-state index contributed by atoms with van der Waals surface area (Å²) < 4.78 is 0.487. The van der Waals surface area contributed by atoms with Crippen LogP contribution in [0.25, 0.3) is 0 Å². The average Bonchev–Trinajstić information content (AvgIpc) is 2.38. The molecule has 0 spiro atoms. The summed E-state index contributed by atoms with van der Waals surface area (Å²) in [6.45, 7) is 0.796. The maximum atomic E-state index is 9.85. The van der Waals surface area contributed by atoms with Gasteiger partial charge >= 0.3 is 0 Å². The molecule has 0 aliphatic carbocycles. The highest BCUT2D eigenvalue weighted by molar-refractivity contribution is 4.75. The Morgan fingerprint density at radius 2 is 2.40 bits per heavy atom. The molecule has 0 radical (unpaired) electrons. The second-order valence-electron chi connectivity index (χ2n) is 2.68. The van der Waals surface area contributed by atoms with Crippen molar-refractivity contribution in [2.45, 2.75) is 6.17 Å². The standard InChI is InChI=1S/C5H10N3O2/c1-8(4-5(8)6)3-2-7(9)10/h2-3,5H,4,6H2,1H3/q+1. The molecule has 0 aromatic rings. The summed E-state index contributed by atoms with van der Waals surface area (Å²) in [5.74, 6) is 0. The molecule has 5 heteroatoms. The number of nitrogens with zero attached hydrogens (tertiary/aromatic N) is 2. The second-order valence-corrected chi connectivity index (χ2v) is 2.68. The van der Waals surface area contributed by atoms with E-state index < -0.39 is 4.92 Å². The van der Waals surface area contributed by atoms with Crippen LogP contribution in [0, 0.1) is 10.1 Å². The Morgan fingerprint density at radius 3 is 2.70 bits per heavy atom. The minimum atomic E-state index is -0.478. The van der Waals surface area contributed by atoms with Gasteiger partial charge < -0.3 is 0 Å². The molecule has 1 fully saturated rings. The summed E-state index contributed by atoms with van der Waals surface area (Å²) in [4.78, 5) is 9.37. The van der Waals surface area contributed by atoms with E-state index in [0.717, 1.165) is 12.7 Å². The molecule has 0 bridgehead atoms. The topological polar surface area (TPSA) is 69.2 Å².